The van der Waals surface area contributed by atoms with E-state index in [0.29, 0.717) is 12.1 Å². The Morgan fingerprint density at radius 2 is 1.95 bits per heavy atom. The van der Waals surface area contributed by atoms with Crippen molar-refractivity contribution in [2.75, 3.05) is 19.6 Å². The SMILES string of the molecule is CC(C)NCC1CCN(C(C)c2ccc(F)cc2)C1. The van der Waals surface area contributed by atoms with Crippen LogP contribution in [0.25, 0.3) is 0 Å². The zero-order chi connectivity index (χ0) is 13.8. The summed E-state index contributed by atoms with van der Waals surface area (Å²) in [4.78, 5) is 2.50. The Labute approximate surface area is 116 Å². The quantitative estimate of drug-likeness (QED) is 0.878. The minimum Gasteiger partial charge on any atom is -0.314 e. The number of hydrogen-bond donors (Lipinski definition) is 1. The smallest absolute Gasteiger partial charge is 0.123 e. The highest BCUT2D eigenvalue weighted by Gasteiger charge is 2.26. The van der Waals surface area contributed by atoms with Crippen molar-refractivity contribution in [3.05, 3.63) is 35.6 Å². The molecule has 1 aliphatic rings. The van der Waals surface area contributed by atoms with Gasteiger partial charge in [0.25, 0.3) is 0 Å². The molecule has 0 spiro atoms. The van der Waals surface area contributed by atoms with Crippen LogP contribution in [0, 0.1) is 11.7 Å². The first kappa shape index (κ1) is 14.5. The average Bonchev–Trinajstić information content (AvgIpc) is 2.85. The molecule has 1 saturated heterocycles. The Morgan fingerprint density at radius 3 is 2.58 bits per heavy atom. The van der Waals surface area contributed by atoms with Crippen LogP contribution in [0.5, 0.6) is 0 Å². The number of benzene rings is 1. The molecule has 106 valence electrons. The monoisotopic (exact) mass is 264 g/mol. The Kier molecular flexibility index (Phi) is 4.94. The summed E-state index contributed by atoms with van der Waals surface area (Å²) >= 11 is 0. The van der Waals surface area contributed by atoms with E-state index in [9.17, 15) is 4.39 Å². The average molecular weight is 264 g/mol. The summed E-state index contributed by atoms with van der Waals surface area (Å²) in [6, 6.07) is 7.85. The zero-order valence-electron chi connectivity index (χ0n) is 12.2. The molecule has 3 heteroatoms. The lowest BCUT2D eigenvalue weighted by Crippen LogP contribution is -2.31. The van der Waals surface area contributed by atoms with Crippen molar-refractivity contribution in [3.8, 4) is 0 Å². The molecule has 1 aromatic carbocycles. The highest BCUT2D eigenvalue weighted by molar-refractivity contribution is 5.19. The normalized spacial score (nSPS) is 22.1. The van der Waals surface area contributed by atoms with Crippen LogP contribution < -0.4 is 5.32 Å². The first-order valence-electron chi connectivity index (χ1n) is 7.29. The van der Waals surface area contributed by atoms with E-state index in [2.05, 4.69) is 31.0 Å². The summed E-state index contributed by atoms with van der Waals surface area (Å²) in [5.74, 6) is 0.585. The van der Waals surface area contributed by atoms with Gasteiger partial charge >= 0.3 is 0 Å². The van der Waals surface area contributed by atoms with E-state index in [4.69, 9.17) is 0 Å². The Balaban J connectivity index is 1.87. The van der Waals surface area contributed by atoms with Gasteiger partial charge in [-0.3, -0.25) is 4.90 Å². The first-order valence-corrected chi connectivity index (χ1v) is 7.29. The molecule has 2 nitrogen and oxygen atoms in total. The van der Waals surface area contributed by atoms with Gasteiger partial charge in [-0.2, -0.15) is 0 Å². The Hall–Kier alpha value is -0.930. The van der Waals surface area contributed by atoms with E-state index in [-0.39, 0.29) is 5.82 Å². The molecule has 0 aromatic heterocycles. The number of nitrogens with one attached hydrogen (secondary N) is 1. The minimum absolute atomic E-state index is 0.156. The number of halogens is 1. The van der Waals surface area contributed by atoms with Gasteiger partial charge in [-0.05, 0) is 50.0 Å². The predicted octanol–water partition coefficient (Wildman–Crippen LogP) is 3.21. The van der Waals surface area contributed by atoms with Crippen LogP contribution in [0.1, 0.15) is 38.8 Å². The standard InChI is InChI=1S/C16H25FN2/c1-12(2)18-10-14-8-9-19(11-14)13(3)15-4-6-16(17)7-5-15/h4-7,12-14,18H,8-11H2,1-3H3. The third-order valence-corrected chi connectivity index (χ3v) is 4.03. The summed E-state index contributed by atoms with van der Waals surface area (Å²) in [7, 11) is 0. The van der Waals surface area contributed by atoms with E-state index in [1.54, 1.807) is 12.1 Å². The molecule has 0 saturated carbocycles. The third kappa shape index (κ3) is 4.02. The van der Waals surface area contributed by atoms with Crippen molar-refractivity contribution in [1.82, 2.24) is 10.2 Å². The summed E-state index contributed by atoms with van der Waals surface area (Å²) in [5.41, 5.74) is 1.21. The lowest BCUT2D eigenvalue weighted by Gasteiger charge is -2.25. The number of rotatable bonds is 5. The van der Waals surface area contributed by atoms with Crippen LogP contribution in [-0.4, -0.2) is 30.6 Å². The molecule has 19 heavy (non-hydrogen) atoms. The Bertz CT molecular complexity index is 388. The molecule has 1 aliphatic heterocycles. The second-order valence-corrected chi connectivity index (χ2v) is 5.94. The van der Waals surface area contributed by atoms with Crippen molar-refractivity contribution in [1.29, 1.82) is 0 Å². The molecule has 0 radical (unpaired) electrons. The van der Waals surface area contributed by atoms with Gasteiger partial charge in [0.1, 0.15) is 5.82 Å². The topological polar surface area (TPSA) is 15.3 Å². The second kappa shape index (κ2) is 6.49. The number of likely N-dealkylation sites (tertiary alicyclic amines) is 1. The van der Waals surface area contributed by atoms with Crippen LogP contribution in [0.2, 0.25) is 0 Å². The van der Waals surface area contributed by atoms with Crippen LogP contribution in [0.3, 0.4) is 0 Å². The van der Waals surface area contributed by atoms with Crippen LogP contribution in [-0.2, 0) is 0 Å². The van der Waals surface area contributed by atoms with E-state index < -0.39 is 0 Å². The fraction of sp³-hybridized carbons (Fsp3) is 0.625. The van der Waals surface area contributed by atoms with Crippen molar-refractivity contribution >= 4 is 0 Å². The van der Waals surface area contributed by atoms with Gasteiger partial charge in [-0.1, -0.05) is 26.0 Å². The van der Waals surface area contributed by atoms with Gasteiger partial charge in [0.15, 0.2) is 0 Å². The van der Waals surface area contributed by atoms with E-state index >= 15 is 0 Å². The molecule has 1 fully saturated rings. The number of hydrogen-bond acceptors (Lipinski definition) is 2. The largest absolute Gasteiger partial charge is 0.314 e. The summed E-state index contributed by atoms with van der Waals surface area (Å²) < 4.78 is 12.9. The first-order chi connectivity index (χ1) is 9.06. The van der Waals surface area contributed by atoms with E-state index in [1.807, 2.05) is 12.1 Å². The van der Waals surface area contributed by atoms with Crippen molar-refractivity contribution in [2.45, 2.75) is 39.3 Å². The minimum atomic E-state index is -0.156. The molecular formula is C16H25FN2. The third-order valence-electron chi connectivity index (χ3n) is 4.03. The molecule has 0 aliphatic carbocycles. The van der Waals surface area contributed by atoms with Gasteiger partial charge < -0.3 is 5.32 Å². The maximum Gasteiger partial charge on any atom is 0.123 e. The molecule has 0 amide bonds. The molecule has 0 bridgehead atoms. The maximum absolute atomic E-state index is 12.9. The van der Waals surface area contributed by atoms with Gasteiger partial charge in [0, 0.05) is 18.6 Å². The second-order valence-electron chi connectivity index (χ2n) is 5.94. The molecule has 2 atom stereocenters. The van der Waals surface area contributed by atoms with Crippen molar-refractivity contribution in [3.63, 3.8) is 0 Å². The lowest BCUT2D eigenvalue weighted by atomic mass is 10.1. The van der Waals surface area contributed by atoms with E-state index in [0.717, 1.165) is 25.6 Å². The summed E-state index contributed by atoms with van der Waals surface area (Å²) in [5, 5.41) is 3.52. The molecule has 1 heterocycles. The fourth-order valence-corrected chi connectivity index (χ4v) is 2.74. The van der Waals surface area contributed by atoms with E-state index in [1.165, 1.54) is 12.0 Å². The molecule has 1 N–H and O–H groups in total. The molecule has 2 rings (SSSR count). The van der Waals surface area contributed by atoms with Crippen LogP contribution in [0.15, 0.2) is 24.3 Å². The molecular weight excluding hydrogens is 239 g/mol. The van der Waals surface area contributed by atoms with Crippen molar-refractivity contribution < 1.29 is 4.39 Å². The molecule has 1 aromatic rings. The zero-order valence-corrected chi connectivity index (χ0v) is 12.2. The number of nitrogens with zero attached hydrogens (tertiary/aromatic N) is 1. The highest BCUT2D eigenvalue weighted by atomic mass is 19.1. The van der Waals surface area contributed by atoms with Crippen LogP contribution in [0.4, 0.5) is 4.39 Å². The lowest BCUT2D eigenvalue weighted by molar-refractivity contribution is 0.251. The Morgan fingerprint density at radius 1 is 1.26 bits per heavy atom. The van der Waals surface area contributed by atoms with Gasteiger partial charge in [-0.15, -0.1) is 0 Å². The maximum atomic E-state index is 12.9. The van der Waals surface area contributed by atoms with Gasteiger partial charge in [0.05, 0.1) is 0 Å². The highest BCUT2D eigenvalue weighted by Crippen LogP contribution is 2.27. The summed E-state index contributed by atoms with van der Waals surface area (Å²) in [6.07, 6.45) is 1.26. The fourth-order valence-electron chi connectivity index (χ4n) is 2.74. The van der Waals surface area contributed by atoms with Gasteiger partial charge in [-0.25, -0.2) is 4.39 Å². The van der Waals surface area contributed by atoms with Gasteiger partial charge in [0.2, 0.25) is 0 Å². The van der Waals surface area contributed by atoms with Crippen molar-refractivity contribution in [2.24, 2.45) is 5.92 Å². The predicted molar refractivity (Wildman–Crippen MR) is 77.6 cm³/mol. The van der Waals surface area contributed by atoms with Crippen LogP contribution >= 0.6 is 0 Å². The molecule has 2 unspecified atom stereocenters. The summed E-state index contributed by atoms with van der Waals surface area (Å²) in [6.45, 7) is 9.97.